The molecule has 1 saturated heterocycles. The minimum Gasteiger partial charge on any atom is -0.396 e. The van der Waals surface area contributed by atoms with Gasteiger partial charge in [0, 0.05) is 25.6 Å². The summed E-state index contributed by atoms with van der Waals surface area (Å²) in [7, 11) is 0. The maximum absolute atomic E-state index is 12.0. The average molecular weight is 329 g/mol. The number of carbonyl (C=O) groups is 1. The van der Waals surface area contributed by atoms with Gasteiger partial charge in [-0.3, -0.25) is 4.79 Å². The molecule has 21 heavy (non-hydrogen) atoms. The number of rotatable bonds is 6. The number of amides is 1. The van der Waals surface area contributed by atoms with Crippen LogP contribution in [0.1, 0.15) is 29.9 Å². The lowest BCUT2D eigenvalue weighted by atomic mass is 10.0. The lowest BCUT2D eigenvalue weighted by molar-refractivity contribution is 0.0960. The van der Waals surface area contributed by atoms with Crippen molar-refractivity contribution in [2.24, 2.45) is 5.92 Å². The van der Waals surface area contributed by atoms with Gasteiger partial charge >= 0.3 is 0 Å². The smallest absolute Gasteiger partial charge is 0.263 e. The zero-order valence-corrected chi connectivity index (χ0v) is 14.3. The number of ether oxygens (including phenoxy) is 1. The summed E-state index contributed by atoms with van der Waals surface area (Å²) in [5.74, 6) is 0.414. The predicted molar refractivity (Wildman–Crippen MR) is 90.5 cm³/mol. The van der Waals surface area contributed by atoms with E-state index in [1.165, 1.54) is 11.3 Å². The van der Waals surface area contributed by atoms with Gasteiger partial charge in [-0.1, -0.05) is 0 Å². The van der Waals surface area contributed by atoms with Gasteiger partial charge in [0.05, 0.1) is 16.7 Å². The second-order valence-electron chi connectivity index (χ2n) is 5.07. The number of carbonyl (C=O) groups excluding carboxylic acids is 1. The predicted octanol–water partition coefficient (Wildman–Crippen LogP) is 2.64. The van der Waals surface area contributed by atoms with Gasteiger partial charge in [-0.15, -0.1) is 23.1 Å². The summed E-state index contributed by atoms with van der Waals surface area (Å²) in [6.07, 6.45) is 3.34. The zero-order chi connectivity index (χ0) is 15.4. The Morgan fingerprint density at radius 1 is 1.57 bits per heavy atom. The first kappa shape index (κ1) is 16.5. The molecule has 1 aliphatic heterocycles. The molecule has 0 aromatic carbocycles. The molecule has 0 radical (unpaired) electrons. The summed E-state index contributed by atoms with van der Waals surface area (Å²) >= 11 is 3.01. The van der Waals surface area contributed by atoms with E-state index in [0.717, 1.165) is 29.5 Å². The molecule has 1 aliphatic rings. The molecule has 0 saturated carbocycles. The molecule has 2 atom stereocenters. The maximum atomic E-state index is 12.0. The highest BCUT2D eigenvalue weighted by Crippen LogP contribution is 2.41. The number of thiophene rings is 1. The van der Waals surface area contributed by atoms with Crippen molar-refractivity contribution in [3.05, 3.63) is 4.88 Å². The molecule has 1 aromatic rings. The highest BCUT2D eigenvalue weighted by Gasteiger charge is 2.25. The Labute approximate surface area is 134 Å². The highest BCUT2D eigenvalue weighted by molar-refractivity contribution is 7.99. The van der Waals surface area contributed by atoms with Crippen LogP contribution in [0.3, 0.4) is 0 Å². The van der Waals surface area contributed by atoms with Crippen LogP contribution in [-0.2, 0) is 4.74 Å². The van der Waals surface area contributed by atoms with E-state index in [1.807, 2.05) is 13.2 Å². The van der Waals surface area contributed by atoms with Gasteiger partial charge in [0.25, 0.3) is 5.91 Å². The van der Waals surface area contributed by atoms with Crippen molar-refractivity contribution in [2.75, 3.05) is 37.0 Å². The Kier molecular flexibility index (Phi) is 5.78. The van der Waals surface area contributed by atoms with Gasteiger partial charge in [-0.25, -0.2) is 0 Å². The molecule has 0 spiro atoms. The van der Waals surface area contributed by atoms with Crippen LogP contribution < -0.4 is 16.4 Å². The molecule has 1 aromatic heterocycles. The van der Waals surface area contributed by atoms with Crippen molar-refractivity contribution >= 4 is 39.7 Å². The molecule has 7 heteroatoms. The van der Waals surface area contributed by atoms with E-state index in [2.05, 4.69) is 17.6 Å². The van der Waals surface area contributed by atoms with Crippen LogP contribution in [0.2, 0.25) is 0 Å². The third-order valence-electron chi connectivity index (χ3n) is 3.71. The minimum absolute atomic E-state index is 0.0964. The van der Waals surface area contributed by atoms with Gasteiger partial charge < -0.3 is 21.1 Å². The van der Waals surface area contributed by atoms with Crippen LogP contribution in [0.25, 0.3) is 0 Å². The Balaban J connectivity index is 2.11. The molecule has 1 fully saturated rings. The number of hydrogen-bond acceptors (Lipinski definition) is 6. The average Bonchev–Trinajstić information content (AvgIpc) is 3.00. The molecule has 0 bridgehead atoms. The summed E-state index contributed by atoms with van der Waals surface area (Å²) < 4.78 is 5.58. The molecule has 2 unspecified atom stereocenters. The third kappa shape index (κ3) is 3.64. The molecule has 1 amide bonds. The second kappa shape index (κ2) is 7.38. The lowest BCUT2D eigenvalue weighted by Gasteiger charge is -2.15. The van der Waals surface area contributed by atoms with E-state index >= 15 is 0 Å². The van der Waals surface area contributed by atoms with Gasteiger partial charge in [-0.2, -0.15) is 0 Å². The summed E-state index contributed by atoms with van der Waals surface area (Å²) in [5, 5.41) is 7.24. The molecule has 2 rings (SSSR count). The maximum Gasteiger partial charge on any atom is 0.263 e. The molecular formula is C14H23N3O2S2. The quantitative estimate of drug-likeness (QED) is 0.700. The van der Waals surface area contributed by atoms with Crippen molar-refractivity contribution in [1.29, 1.82) is 0 Å². The Bertz CT molecular complexity index is 505. The molecule has 2 heterocycles. The van der Waals surface area contributed by atoms with Gasteiger partial charge in [0.2, 0.25) is 0 Å². The summed E-state index contributed by atoms with van der Waals surface area (Å²) in [6.45, 7) is 6.29. The second-order valence-corrected chi connectivity index (χ2v) is 6.91. The number of nitrogens with one attached hydrogen (secondary N) is 2. The van der Waals surface area contributed by atoms with Crippen LogP contribution in [0.5, 0.6) is 0 Å². The van der Waals surface area contributed by atoms with E-state index in [0.29, 0.717) is 23.0 Å². The Morgan fingerprint density at radius 3 is 2.90 bits per heavy atom. The first-order valence-electron chi connectivity index (χ1n) is 7.18. The number of nitrogen functional groups attached to an aromatic ring is 1. The number of thioether (sulfide) groups is 1. The van der Waals surface area contributed by atoms with E-state index in [1.54, 1.807) is 11.8 Å². The monoisotopic (exact) mass is 329 g/mol. The van der Waals surface area contributed by atoms with Gasteiger partial charge in [0.15, 0.2) is 0 Å². The lowest BCUT2D eigenvalue weighted by Crippen LogP contribution is -2.22. The molecule has 0 aliphatic carbocycles. The molecule has 118 valence electrons. The molecule has 5 nitrogen and oxygen atoms in total. The Morgan fingerprint density at radius 2 is 2.33 bits per heavy atom. The largest absolute Gasteiger partial charge is 0.396 e. The third-order valence-corrected chi connectivity index (χ3v) is 5.83. The van der Waals surface area contributed by atoms with E-state index in [9.17, 15) is 4.79 Å². The zero-order valence-electron chi connectivity index (χ0n) is 12.7. The van der Waals surface area contributed by atoms with Crippen molar-refractivity contribution in [3.8, 4) is 0 Å². The number of nitrogens with two attached hydrogens (primary N) is 1. The fraction of sp³-hybridized carbons (Fsp3) is 0.643. The van der Waals surface area contributed by atoms with Crippen molar-refractivity contribution in [3.63, 3.8) is 0 Å². The van der Waals surface area contributed by atoms with Crippen LogP contribution in [0.15, 0.2) is 4.90 Å². The Hall–Kier alpha value is -0.920. The number of anilines is 2. The van der Waals surface area contributed by atoms with Crippen LogP contribution in [0.4, 0.5) is 10.7 Å². The van der Waals surface area contributed by atoms with Crippen molar-refractivity contribution in [1.82, 2.24) is 5.32 Å². The fourth-order valence-electron chi connectivity index (χ4n) is 2.43. The standard InChI is InChI=1S/C14H23N3O2S2/c1-4-16-13(18)11-10(15)12(20-3)14(21-11)17-7-9-5-6-19-8(9)2/h8-9,17H,4-7,15H2,1-3H3,(H,16,18). The first-order chi connectivity index (χ1) is 10.1. The SMILES string of the molecule is CCNC(=O)c1sc(NCC2CCOC2C)c(SC)c1N. The molecular weight excluding hydrogens is 306 g/mol. The van der Waals surface area contributed by atoms with Gasteiger partial charge in [0.1, 0.15) is 9.88 Å². The van der Waals surface area contributed by atoms with Crippen molar-refractivity contribution < 1.29 is 9.53 Å². The van der Waals surface area contributed by atoms with E-state index in [-0.39, 0.29) is 12.0 Å². The minimum atomic E-state index is -0.0964. The van der Waals surface area contributed by atoms with E-state index in [4.69, 9.17) is 10.5 Å². The van der Waals surface area contributed by atoms with Gasteiger partial charge in [-0.05, 0) is 26.5 Å². The molecule has 4 N–H and O–H groups in total. The summed E-state index contributed by atoms with van der Waals surface area (Å²) in [5.41, 5.74) is 6.70. The van der Waals surface area contributed by atoms with E-state index < -0.39 is 0 Å². The van der Waals surface area contributed by atoms with Crippen LogP contribution in [-0.4, -0.2) is 38.0 Å². The number of hydrogen-bond donors (Lipinski definition) is 3. The summed E-state index contributed by atoms with van der Waals surface area (Å²) in [4.78, 5) is 13.6. The van der Waals surface area contributed by atoms with Crippen LogP contribution >= 0.6 is 23.1 Å². The fourth-order valence-corrected chi connectivity index (χ4v) is 4.38. The normalized spacial score (nSPS) is 21.5. The topological polar surface area (TPSA) is 76.4 Å². The van der Waals surface area contributed by atoms with Crippen LogP contribution in [0, 0.1) is 5.92 Å². The first-order valence-corrected chi connectivity index (χ1v) is 9.22. The summed E-state index contributed by atoms with van der Waals surface area (Å²) in [6, 6.07) is 0. The van der Waals surface area contributed by atoms with Crippen molar-refractivity contribution in [2.45, 2.75) is 31.3 Å². The highest BCUT2D eigenvalue weighted by atomic mass is 32.2.